The van der Waals surface area contributed by atoms with Crippen molar-refractivity contribution in [2.45, 2.75) is 78.1 Å². The van der Waals surface area contributed by atoms with E-state index < -0.39 is 5.92 Å². The van der Waals surface area contributed by atoms with Crippen molar-refractivity contribution in [2.75, 3.05) is 0 Å². The van der Waals surface area contributed by atoms with Gasteiger partial charge in [-0.25, -0.2) is 8.78 Å². The molecule has 0 aromatic heterocycles. The fourth-order valence-electron chi connectivity index (χ4n) is 2.78. The van der Waals surface area contributed by atoms with E-state index >= 15 is 0 Å². The number of alkyl halides is 2. The van der Waals surface area contributed by atoms with Crippen LogP contribution in [0.25, 0.3) is 0 Å². The molecule has 0 aromatic rings. The summed E-state index contributed by atoms with van der Waals surface area (Å²) in [4.78, 5) is 0. The Balaban J connectivity index is 2.33. The van der Waals surface area contributed by atoms with Gasteiger partial charge < -0.3 is 0 Å². The molecule has 0 bridgehead atoms. The third kappa shape index (κ3) is 3.43. The highest BCUT2D eigenvalue weighted by atomic mass is 19.3. The van der Waals surface area contributed by atoms with Gasteiger partial charge in [0.05, 0.1) is 0 Å². The zero-order valence-electron chi connectivity index (χ0n) is 11.0. The van der Waals surface area contributed by atoms with Gasteiger partial charge in [-0.15, -0.1) is 0 Å². The molecule has 1 fully saturated rings. The number of halogens is 2. The molecule has 0 aromatic carbocycles. The third-order valence-electron chi connectivity index (χ3n) is 4.48. The summed E-state index contributed by atoms with van der Waals surface area (Å²) >= 11 is 0. The Morgan fingerprint density at radius 1 is 1.12 bits per heavy atom. The van der Waals surface area contributed by atoms with Crippen LogP contribution in [0.1, 0.15) is 72.1 Å². The topological polar surface area (TPSA) is 0 Å². The Bertz CT molecular complexity index is 205. The summed E-state index contributed by atoms with van der Waals surface area (Å²) in [6.07, 6.45) is 7.42. The highest BCUT2D eigenvalue weighted by Gasteiger charge is 2.51. The van der Waals surface area contributed by atoms with E-state index in [1.165, 1.54) is 25.7 Å². The number of rotatable bonds is 7. The predicted molar refractivity (Wildman–Crippen MR) is 64.8 cm³/mol. The minimum atomic E-state index is -2.36. The molecule has 1 aliphatic rings. The molecule has 0 nitrogen and oxygen atoms in total. The first-order valence-corrected chi connectivity index (χ1v) is 6.81. The zero-order valence-corrected chi connectivity index (χ0v) is 11.0. The monoisotopic (exact) mass is 232 g/mol. The van der Waals surface area contributed by atoms with Gasteiger partial charge in [-0.3, -0.25) is 0 Å². The molecule has 1 unspecified atom stereocenters. The van der Waals surface area contributed by atoms with Gasteiger partial charge in [0.2, 0.25) is 5.92 Å². The quantitative estimate of drug-likeness (QED) is 0.514. The second-order valence-corrected chi connectivity index (χ2v) is 5.78. The molecule has 0 N–H and O–H groups in total. The summed E-state index contributed by atoms with van der Waals surface area (Å²) in [7, 11) is 0. The maximum absolute atomic E-state index is 12.9. The Morgan fingerprint density at radius 2 is 1.75 bits per heavy atom. The van der Waals surface area contributed by atoms with Crippen LogP contribution in [0.15, 0.2) is 0 Å². The Morgan fingerprint density at radius 3 is 2.19 bits per heavy atom. The van der Waals surface area contributed by atoms with Gasteiger partial charge in [-0.05, 0) is 17.8 Å². The molecule has 0 radical (unpaired) electrons. The maximum Gasteiger partial charge on any atom is 0.248 e. The van der Waals surface area contributed by atoms with E-state index in [1.54, 1.807) is 0 Å². The van der Waals surface area contributed by atoms with Gasteiger partial charge in [0.1, 0.15) is 0 Å². The SMILES string of the molecule is CCCCCCC(C)(CC)C1CC(F)(F)C1. The lowest BCUT2D eigenvalue weighted by atomic mass is 9.61. The van der Waals surface area contributed by atoms with Crippen molar-refractivity contribution in [3.8, 4) is 0 Å². The minimum absolute atomic E-state index is 0.130. The molecule has 1 saturated carbocycles. The van der Waals surface area contributed by atoms with E-state index in [2.05, 4.69) is 20.8 Å². The van der Waals surface area contributed by atoms with Crippen molar-refractivity contribution in [1.82, 2.24) is 0 Å². The maximum atomic E-state index is 12.9. The number of hydrogen-bond donors (Lipinski definition) is 0. The molecule has 1 atom stereocenters. The van der Waals surface area contributed by atoms with E-state index in [1.807, 2.05) is 0 Å². The summed E-state index contributed by atoms with van der Waals surface area (Å²) in [5, 5.41) is 0. The Hall–Kier alpha value is -0.140. The predicted octanol–water partition coefficient (Wildman–Crippen LogP) is 5.42. The summed E-state index contributed by atoms with van der Waals surface area (Å²) in [5.74, 6) is -2.10. The van der Waals surface area contributed by atoms with Crippen LogP contribution >= 0.6 is 0 Å². The lowest BCUT2D eigenvalue weighted by Crippen LogP contribution is -2.44. The summed E-state index contributed by atoms with van der Waals surface area (Å²) in [5.41, 5.74) is 0.162. The molecule has 0 heterocycles. The van der Waals surface area contributed by atoms with Gasteiger partial charge in [0, 0.05) is 12.8 Å². The van der Waals surface area contributed by atoms with E-state index in [9.17, 15) is 8.78 Å². The van der Waals surface area contributed by atoms with Crippen molar-refractivity contribution >= 4 is 0 Å². The van der Waals surface area contributed by atoms with Crippen molar-refractivity contribution in [1.29, 1.82) is 0 Å². The molecule has 2 heteroatoms. The van der Waals surface area contributed by atoms with Gasteiger partial charge in [0.15, 0.2) is 0 Å². The van der Waals surface area contributed by atoms with Crippen molar-refractivity contribution in [3.63, 3.8) is 0 Å². The Labute approximate surface area is 98.8 Å². The number of hydrogen-bond acceptors (Lipinski definition) is 0. The molecular weight excluding hydrogens is 206 g/mol. The fourth-order valence-corrected chi connectivity index (χ4v) is 2.78. The Kier molecular flexibility index (Phi) is 4.75. The minimum Gasteiger partial charge on any atom is -0.207 e. The molecule has 0 amide bonds. The lowest BCUT2D eigenvalue weighted by Gasteiger charge is -2.47. The molecule has 0 spiro atoms. The van der Waals surface area contributed by atoms with Crippen molar-refractivity contribution in [2.24, 2.45) is 11.3 Å². The number of unbranched alkanes of at least 4 members (excludes halogenated alkanes) is 3. The van der Waals surface area contributed by atoms with Crippen LogP contribution < -0.4 is 0 Å². The molecule has 0 aliphatic heterocycles. The van der Waals surface area contributed by atoms with Crippen molar-refractivity contribution in [3.05, 3.63) is 0 Å². The van der Waals surface area contributed by atoms with Crippen LogP contribution in [-0.4, -0.2) is 5.92 Å². The second kappa shape index (κ2) is 5.46. The first-order valence-electron chi connectivity index (χ1n) is 6.81. The first-order chi connectivity index (χ1) is 7.43. The van der Waals surface area contributed by atoms with E-state index in [-0.39, 0.29) is 24.2 Å². The lowest BCUT2D eigenvalue weighted by molar-refractivity contribution is -0.147. The van der Waals surface area contributed by atoms with Gasteiger partial charge in [0.25, 0.3) is 0 Å². The summed E-state index contributed by atoms with van der Waals surface area (Å²) in [6, 6.07) is 0. The van der Waals surface area contributed by atoms with Crippen LogP contribution in [0.5, 0.6) is 0 Å². The fraction of sp³-hybridized carbons (Fsp3) is 1.00. The molecule has 1 aliphatic carbocycles. The smallest absolute Gasteiger partial charge is 0.207 e. The van der Waals surface area contributed by atoms with E-state index in [4.69, 9.17) is 0 Å². The zero-order chi connectivity index (χ0) is 12.2. The van der Waals surface area contributed by atoms with Gasteiger partial charge in [-0.1, -0.05) is 52.9 Å². The molecule has 96 valence electrons. The van der Waals surface area contributed by atoms with Crippen LogP contribution in [-0.2, 0) is 0 Å². The standard InChI is InChI=1S/C14H26F2/c1-4-6-7-8-9-13(3,5-2)12-10-14(15,16)11-12/h12H,4-11H2,1-3H3. The highest BCUT2D eigenvalue weighted by Crippen LogP contribution is 2.54. The van der Waals surface area contributed by atoms with Crippen LogP contribution in [0.3, 0.4) is 0 Å². The van der Waals surface area contributed by atoms with Crippen LogP contribution in [0, 0.1) is 11.3 Å². The molecule has 0 saturated heterocycles. The average molecular weight is 232 g/mol. The third-order valence-corrected chi connectivity index (χ3v) is 4.48. The van der Waals surface area contributed by atoms with Crippen LogP contribution in [0.4, 0.5) is 8.78 Å². The molecule has 16 heavy (non-hydrogen) atoms. The van der Waals surface area contributed by atoms with Gasteiger partial charge >= 0.3 is 0 Å². The summed E-state index contributed by atoms with van der Waals surface area (Å²) in [6.45, 7) is 6.56. The van der Waals surface area contributed by atoms with Crippen molar-refractivity contribution < 1.29 is 8.78 Å². The normalized spacial score (nSPS) is 23.8. The largest absolute Gasteiger partial charge is 0.248 e. The summed E-state index contributed by atoms with van der Waals surface area (Å²) < 4.78 is 25.8. The second-order valence-electron chi connectivity index (χ2n) is 5.78. The first kappa shape index (κ1) is 13.9. The molecular formula is C14H26F2. The van der Waals surface area contributed by atoms with E-state index in [0.29, 0.717) is 0 Å². The van der Waals surface area contributed by atoms with Gasteiger partial charge in [-0.2, -0.15) is 0 Å². The highest BCUT2D eigenvalue weighted by molar-refractivity contribution is 4.95. The molecule has 1 rings (SSSR count). The van der Waals surface area contributed by atoms with E-state index in [0.717, 1.165) is 12.8 Å². The van der Waals surface area contributed by atoms with Crippen LogP contribution in [0.2, 0.25) is 0 Å². The average Bonchev–Trinajstić information content (AvgIpc) is 2.21.